The van der Waals surface area contributed by atoms with Gasteiger partial charge in [0.2, 0.25) is 0 Å². The van der Waals surface area contributed by atoms with E-state index >= 15 is 0 Å². The van der Waals surface area contributed by atoms with Crippen molar-refractivity contribution in [1.29, 1.82) is 0 Å². The van der Waals surface area contributed by atoms with Crippen LogP contribution in [0.2, 0.25) is 5.02 Å². The van der Waals surface area contributed by atoms with E-state index in [1.54, 1.807) is 6.33 Å². The molecule has 0 aliphatic carbocycles. The van der Waals surface area contributed by atoms with Gasteiger partial charge in [0.05, 0.1) is 5.52 Å². The highest BCUT2D eigenvalue weighted by Crippen LogP contribution is 2.29. The number of hydrogen-bond donors (Lipinski definition) is 0. The lowest BCUT2D eigenvalue weighted by molar-refractivity contribution is 0.639. The largest absolute Gasteiger partial charge is 0.367 e. The van der Waals surface area contributed by atoms with Crippen molar-refractivity contribution in [1.82, 2.24) is 24.6 Å². The Bertz CT molecular complexity index is 1130. The molecule has 4 aromatic rings. The van der Waals surface area contributed by atoms with Crippen molar-refractivity contribution >= 4 is 39.8 Å². The van der Waals surface area contributed by atoms with E-state index in [-0.39, 0.29) is 0 Å². The zero-order valence-electron chi connectivity index (χ0n) is 14.9. The van der Waals surface area contributed by atoms with Crippen molar-refractivity contribution in [3.8, 4) is 0 Å². The molecule has 0 saturated carbocycles. The standard InChI is InChI=1S/C19H18ClN7/c1-13-10-18(27-19(24-13)22-12-23-27)26-8-6-25(7-9-26)17-4-5-21-16-3-2-14(20)11-15(16)17/h2-5,10-12H,6-9H2,1H3. The van der Waals surface area contributed by atoms with Gasteiger partial charge in [0.15, 0.2) is 0 Å². The van der Waals surface area contributed by atoms with Gasteiger partial charge in [-0.1, -0.05) is 11.6 Å². The van der Waals surface area contributed by atoms with Crippen molar-refractivity contribution in [3.63, 3.8) is 0 Å². The van der Waals surface area contributed by atoms with Crippen molar-refractivity contribution in [2.24, 2.45) is 0 Å². The van der Waals surface area contributed by atoms with Crippen molar-refractivity contribution in [2.75, 3.05) is 36.0 Å². The number of piperazine rings is 1. The van der Waals surface area contributed by atoms with E-state index in [0.29, 0.717) is 5.78 Å². The number of hydrogen-bond acceptors (Lipinski definition) is 6. The predicted molar refractivity (Wildman–Crippen MR) is 107 cm³/mol. The zero-order chi connectivity index (χ0) is 18.4. The molecule has 5 rings (SSSR count). The Morgan fingerprint density at radius 2 is 1.78 bits per heavy atom. The second-order valence-corrected chi connectivity index (χ2v) is 7.13. The summed E-state index contributed by atoms with van der Waals surface area (Å²) in [7, 11) is 0. The molecule has 0 radical (unpaired) electrons. The van der Waals surface area contributed by atoms with Crippen molar-refractivity contribution < 1.29 is 0 Å². The van der Waals surface area contributed by atoms with Crippen molar-refractivity contribution in [2.45, 2.75) is 6.92 Å². The molecule has 136 valence electrons. The number of rotatable bonds is 2. The Labute approximate surface area is 161 Å². The summed E-state index contributed by atoms with van der Waals surface area (Å²) in [4.78, 5) is 17.8. The van der Waals surface area contributed by atoms with Gasteiger partial charge >= 0.3 is 0 Å². The first-order valence-electron chi connectivity index (χ1n) is 8.90. The fourth-order valence-corrected chi connectivity index (χ4v) is 3.86. The Morgan fingerprint density at radius 3 is 2.63 bits per heavy atom. The van der Waals surface area contributed by atoms with Crippen LogP contribution >= 0.6 is 11.6 Å². The average Bonchev–Trinajstić information content (AvgIpc) is 3.15. The van der Waals surface area contributed by atoms with Gasteiger partial charge in [-0.3, -0.25) is 4.98 Å². The van der Waals surface area contributed by atoms with E-state index in [2.05, 4.69) is 42.0 Å². The second kappa shape index (κ2) is 6.35. The van der Waals surface area contributed by atoms with Gasteiger partial charge in [-0.25, -0.2) is 4.98 Å². The number of benzene rings is 1. The minimum Gasteiger partial charge on any atom is -0.367 e. The summed E-state index contributed by atoms with van der Waals surface area (Å²) in [6, 6.07) is 9.99. The highest BCUT2D eigenvalue weighted by atomic mass is 35.5. The summed E-state index contributed by atoms with van der Waals surface area (Å²) in [6.07, 6.45) is 3.41. The number of aromatic nitrogens is 5. The van der Waals surface area contributed by atoms with E-state index < -0.39 is 0 Å². The molecule has 1 fully saturated rings. The Morgan fingerprint density at radius 1 is 0.963 bits per heavy atom. The van der Waals surface area contributed by atoms with Gasteiger partial charge in [-0.05, 0) is 31.2 Å². The van der Waals surface area contributed by atoms with Gasteiger partial charge in [-0.15, -0.1) is 0 Å². The summed E-state index contributed by atoms with van der Waals surface area (Å²) in [6.45, 7) is 5.58. The van der Waals surface area contributed by atoms with Crippen LogP contribution in [0.3, 0.4) is 0 Å². The molecule has 0 amide bonds. The third-order valence-electron chi connectivity index (χ3n) is 4.99. The molecular weight excluding hydrogens is 362 g/mol. The first-order valence-corrected chi connectivity index (χ1v) is 9.28. The molecule has 1 aromatic carbocycles. The van der Waals surface area contributed by atoms with Gasteiger partial charge in [0.1, 0.15) is 12.1 Å². The summed E-state index contributed by atoms with van der Waals surface area (Å²) in [5.74, 6) is 1.68. The highest BCUT2D eigenvalue weighted by molar-refractivity contribution is 6.31. The fourth-order valence-electron chi connectivity index (χ4n) is 3.69. The summed E-state index contributed by atoms with van der Waals surface area (Å²) in [5.41, 5.74) is 3.09. The summed E-state index contributed by atoms with van der Waals surface area (Å²) >= 11 is 6.22. The van der Waals surface area contributed by atoms with E-state index in [0.717, 1.165) is 53.6 Å². The van der Waals surface area contributed by atoms with Crippen LogP contribution in [0.5, 0.6) is 0 Å². The monoisotopic (exact) mass is 379 g/mol. The van der Waals surface area contributed by atoms with Crippen LogP contribution in [-0.4, -0.2) is 50.7 Å². The zero-order valence-corrected chi connectivity index (χ0v) is 15.6. The maximum Gasteiger partial charge on any atom is 0.254 e. The SMILES string of the molecule is Cc1cc(N2CCN(c3ccnc4ccc(Cl)cc34)CC2)n2ncnc2n1. The smallest absolute Gasteiger partial charge is 0.254 e. The molecule has 8 heteroatoms. The van der Waals surface area contributed by atoms with Crippen LogP contribution in [0.1, 0.15) is 5.69 Å². The molecule has 1 aliphatic heterocycles. The van der Waals surface area contributed by atoms with E-state index in [4.69, 9.17) is 11.6 Å². The summed E-state index contributed by atoms with van der Waals surface area (Å²) in [5, 5.41) is 6.15. The second-order valence-electron chi connectivity index (χ2n) is 6.69. The van der Waals surface area contributed by atoms with Crippen LogP contribution in [0.15, 0.2) is 42.9 Å². The van der Waals surface area contributed by atoms with E-state index in [9.17, 15) is 0 Å². The Hall–Kier alpha value is -2.93. The number of nitrogens with zero attached hydrogens (tertiary/aromatic N) is 7. The Kier molecular flexibility index (Phi) is 3.82. The Balaban J connectivity index is 1.44. The minimum absolute atomic E-state index is 0.641. The molecule has 7 nitrogen and oxygen atoms in total. The minimum atomic E-state index is 0.641. The molecule has 4 heterocycles. The number of halogens is 1. The van der Waals surface area contributed by atoms with Crippen LogP contribution in [-0.2, 0) is 0 Å². The normalized spacial score (nSPS) is 15.0. The van der Waals surface area contributed by atoms with Crippen molar-refractivity contribution in [3.05, 3.63) is 53.6 Å². The molecule has 0 atom stereocenters. The topological polar surface area (TPSA) is 62.5 Å². The van der Waals surface area contributed by atoms with E-state index in [1.807, 2.05) is 35.8 Å². The first-order chi connectivity index (χ1) is 13.2. The molecule has 0 bridgehead atoms. The number of aryl methyl sites for hydroxylation is 1. The maximum absolute atomic E-state index is 6.22. The molecule has 27 heavy (non-hydrogen) atoms. The van der Waals surface area contributed by atoms with Gasteiger partial charge in [0, 0.05) is 60.2 Å². The molecule has 0 N–H and O–H groups in total. The van der Waals surface area contributed by atoms with Crippen LogP contribution in [0.4, 0.5) is 11.5 Å². The highest BCUT2D eigenvalue weighted by Gasteiger charge is 2.21. The molecule has 1 saturated heterocycles. The lowest BCUT2D eigenvalue weighted by atomic mass is 10.1. The summed E-state index contributed by atoms with van der Waals surface area (Å²) < 4.78 is 1.81. The quantitative estimate of drug-likeness (QED) is 0.533. The van der Waals surface area contributed by atoms with Gasteiger partial charge in [-0.2, -0.15) is 14.6 Å². The maximum atomic E-state index is 6.22. The number of pyridine rings is 1. The van der Waals surface area contributed by atoms with Crippen LogP contribution < -0.4 is 9.80 Å². The molecule has 1 aliphatic rings. The fraction of sp³-hybridized carbons (Fsp3) is 0.263. The van der Waals surface area contributed by atoms with Gasteiger partial charge in [0.25, 0.3) is 5.78 Å². The molecular formula is C19H18ClN7. The predicted octanol–water partition coefficient (Wildman–Crippen LogP) is 2.96. The average molecular weight is 380 g/mol. The first kappa shape index (κ1) is 16.3. The third kappa shape index (κ3) is 2.84. The molecule has 3 aromatic heterocycles. The van der Waals surface area contributed by atoms with E-state index in [1.165, 1.54) is 5.69 Å². The molecule has 0 spiro atoms. The molecule has 0 unspecified atom stereocenters. The van der Waals surface area contributed by atoms with Gasteiger partial charge < -0.3 is 9.80 Å². The lowest BCUT2D eigenvalue weighted by Gasteiger charge is -2.37. The van der Waals surface area contributed by atoms with Crippen LogP contribution in [0.25, 0.3) is 16.7 Å². The third-order valence-corrected chi connectivity index (χ3v) is 5.22. The van der Waals surface area contributed by atoms with Crippen LogP contribution in [0, 0.1) is 6.92 Å². The number of fused-ring (bicyclic) bond motifs is 2. The lowest BCUT2D eigenvalue weighted by Crippen LogP contribution is -2.47. The number of anilines is 2.